The van der Waals surface area contributed by atoms with Crippen molar-refractivity contribution in [3.63, 3.8) is 0 Å². The Labute approximate surface area is 168 Å². The van der Waals surface area contributed by atoms with Gasteiger partial charge in [0, 0.05) is 26.2 Å². The van der Waals surface area contributed by atoms with E-state index >= 15 is 0 Å². The molecule has 2 amide bonds. The van der Waals surface area contributed by atoms with Crippen LogP contribution >= 0.6 is 11.3 Å². The van der Waals surface area contributed by atoms with E-state index in [1.54, 1.807) is 28.6 Å². The summed E-state index contributed by atoms with van der Waals surface area (Å²) in [6.45, 7) is 1.29. The molecule has 1 fully saturated rings. The van der Waals surface area contributed by atoms with E-state index in [1.807, 2.05) is 0 Å². The van der Waals surface area contributed by atoms with Crippen LogP contribution in [0.4, 0.5) is 23.8 Å². The first-order chi connectivity index (χ1) is 13.8. The number of fused-ring (bicyclic) bond motifs is 1. The number of hydrogen-bond donors (Lipinski definition) is 2. The minimum absolute atomic E-state index is 0.0831. The number of thiophene rings is 1. The van der Waals surface area contributed by atoms with Gasteiger partial charge < -0.3 is 15.5 Å². The van der Waals surface area contributed by atoms with Gasteiger partial charge in [0.2, 0.25) is 0 Å². The maximum Gasteiger partial charge on any atom is 0.425 e. The van der Waals surface area contributed by atoms with Gasteiger partial charge in [-0.2, -0.15) is 13.2 Å². The zero-order valence-corrected chi connectivity index (χ0v) is 16.3. The van der Waals surface area contributed by atoms with Crippen molar-refractivity contribution in [2.24, 2.45) is 0 Å². The third kappa shape index (κ3) is 4.00. The predicted molar refractivity (Wildman–Crippen MR) is 104 cm³/mol. The van der Waals surface area contributed by atoms with Crippen LogP contribution in [0.2, 0.25) is 0 Å². The van der Waals surface area contributed by atoms with Crippen molar-refractivity contribution in [1.29, 1.82) is 0 Å². The van der Waals surface area contributed by atoms with Gasteiger partial charge in [0.25, 0.3) is 0 Å². The van der Waals surface area contributed by atoms with Gasteiger partial charge in [-0.3, -0.25) is 0 Å². The average molecular weight is 424 g/mol. The number of nitrogens with one attached hydrogen (secondary N) is 2. The van der Waals surface area contributed by atoms with E-state index < -0.39 is 11.1 Å². The van der Waals surface area contributed by atoms with Gasteiger partial charge in [-0.1, -0.05) is 0 Å². The maximum absolute atomic E-state index is 12.9. The minimum atomic E-state index is -4.37. The molecule has 0 atom stereocenters. The Morgan fingerprint density at radius 1 is 1.21 bits per heavy atom. The summed E-state index contributed by atoms with van der Waals surface area (Å²) in [5.41, 5.74) is 1.07. The van der Waals surface area contributed by atoms with Crippen LogP contribution in [0, 0.1) is 0 Å². The molecule has 0 radical (unpaired) electrons. The maximum atomic E-state index is 12.9. The first kappa shape index (κ1) is 19.5. The van der Waals surface area contributed by atoms with E-state index in [1.165, 1.54) is 12.3 Å². The van der Waals surface area contributed by atoms with Crippen LogP contribution in [0.5, 0.6) is 0 Å². The van der Waals surface area contributed by atoms with Crippen LogP contribution in [-0.4, -0.2) is 51.7 Å². The molecule has 0 saturated carbocycles. The van der Waals surface area contributed by atoms with Crippen LogP contribution in [0.3, 0.4) is 0 Å². The quantitative estimate of drug-likeness (QED) is 0.673. The lowest BCUT2D eigenvalue weighted by Crippen LogP contribution is -2.45. The monoisotopic (exact) mass is 424 g/mol. The van der Waals surface area contributed by atoms with Crippen molar-refractivity contribution in [3.05, 3.63) is 35.3 Å². The fourth-order valence-electron chi connectivity index (χ4n) is 3.34. The zero-order chi connectivity index (χ0) is 20.6. The normalized spacial score (nSPS) is 15.7. The number of halogens is 3. The predicted octanol–water partition coefficient (Wildman–Crippen LogP) is 3.69. The fraction of sp³-hybridized carbons (Fsp3) is 0.389. The molecule has 0 aromatic carbocycles. The summed E-state index contributed by atoms with van der Waals surface area (Å²) < 4.78 is 40.3. The van der Waals surface area contributed by atoms with E-state index in [-0.39, 0.29) is 12.1 Å². The molecule has 29 heavy (non-hydrogen) atoms. The third-order valence-electron chi connectivity index (χ3n) is 4.85. The standard InChI is InChI=1S/C18H19F3N6OS/c1-22-17(28)26-8-6-11(7-9-26)24-15-4-5-16-23-10-12(27(16)25-15)13-2-3-14(29-13)18(19,20)21/h2-5,10-11H,6-9H2,1H3,(H,22,28)(H,24,25). The Morgan fingerprint density at radius 2 is 1.97 bits per heavy atom. The Bertz CT molecular complexity index is 1020. The Morgan fingerprint density at radius 3 is 2.62 bits per heavy atom. The molecule has 11 heteroatoms. The Kier molecular flexibility index (Phi) is 5.07. The minimum Gasteiger partial charge on any atom is -0.366 e. The number of rotatable bonds is 3. The van der Waals surface area contributed by atoms with Crippen molar-refractivity contribution in [2.45, 2.75) is 25.1 Å². The van der Waals surface area contributed by atoms with E-state index in [0.717, 1.165) is 18.9 Å². The molecule has 0 aliphatic carbocycles. The molecule has 0 unspecified atom stereocenters. The molecular formula is C18H19F3N6OS. The summed E-state index contributed by atoms with van der Waals surface area (Å²) in [7, 11) is 1.61. The molecule has 4 rings (SSSR count). The number of carbonyl (C=O) groups is 1. The van der Waals surface area contributed by atoms with Crippen molar-refractivity contribution in [3.8, 4) is 10.6 Å². The molecule has 0 bridgehead atoms. The lowest BCUT2D eigenvalue weighted by atomic mass is 10.1. The number of anilines is 1. The van der Waals surface area contributed by atoms with E-state index in [2.05, 4.69) is 20.7 Å². The van der Waals surface area contributed by atoms with E-state index in [0.29, 0.717) is 46.5 Å². The lowest BCUT2D eigenvalue weighted by molar-refractivity contribution is -0.134. The molecule has 1 aliphatic rings. The molecule has 3 aromatic heterocycles. The molecule has 7 nitrogen and oxygen atoms in total. The van der Waals surface area contributed by atoms with Crippen molar-refractivity contribution in [2.75, 3.05) is 25.5 Å². The third-order valence-corrected chi connectivity index (χ3v) is 6.00. The largest absolute Gasteiger partial charge is 0.425 e. The number of amides is 2. The highest BCUT2D eigenvalue weighted by atomic mass is 32.1. The van der Waals surface area contributed by atoms with Crippen LogP contribution in [0.15, 0.2) is 30.5 Å². The molecule has 4 heterocycles. The number of imidazole rings is 1. The smallest absolute Gasteiger partial charge is 0.366 e. The number of carbonyl (C=O) groups excluding carboxylic acids is 1. The zero-order valence-electron chi connectivity index (χ0n) is 15.5. The second kappa shape index (κ2) is 7.54. The van der Waals surface area contributed by atoms with Gasteiger partial charge in [0.05, 0.1) is 11.1 Å². The number of piperidine rings is 1. The second-order valence-corrected chi connectivity index (χ2v) is 7.84. The van der Waals surface area contributed by atoms with Gasteiger partial charge in [-0.15, -0.1) is 16.4 Å². The second-order valence-electron chi connectivity index (χ2n) is 6.75. The van der Waals surface area contributed by atoms with Gasteiger partial charge >= 0.3 is 12.2 Å². The summed E-state index contributed by atoms with van der Waals surface area (Å²) in [5.74, 6) is 0.614. The van der Waals surface area contributed by atoms with Crippen molar-refractivity contribution < 1.29 is 18.0 Å². The highest BCUT2D eigenvalue weighted by Gasteiger charge is 2.32. The van der Waals surface area contributed by atoms with Crippen molar-refractivity contribution >= 4 is 28.8 Å². The molecule has 3 aromatic rings. The molecule has 154 valence electrons. The van der Waals surface area contributed by atoms with Crippen LogP contribution in [-0.2, 0) is 6.18 Å². The molecule has 1 saturated heterocycles. The first-order valence-corrected chi connectivity index (χ1v) is 9.92. The lowest BCUT2D eigenvalue weighted by Gasteiger charge is -2.32. The Hall–Kier alpha value is -2.82. The van der Waals surface area contributed by atoms with E-state index in [9.17, 15) is 18.0 Å². The van der Waals surface area contributed by atoms with Gasteiger partial charge in [0.1, 0.15) is 16.4 Å². The Balaban J connectivity index is 1.52. The van der Waals surface area contributed by atoms with Crippen LogP contribution in [0.1, 0.15) is 17.7 Å². The number of aromatic nitrogens is 3. The summed E-state index contributed by atoms with van der Waals surface area (Å²) in [6, 6.07) is 6.16. The van der Waals surface area contributed by atoms with Gasteiger partial charge in [-0.05, 0) is 37.1 Å². The summed E-state index contributed by atoms with van der Waals surface area (Å²) >= 11 is 0.669. The van der Waals surface area contributed by atoms with Gasteiger partial charge in [0.15, 0.2) is 5.65 Å². The SMILES string of the molecule is CNC(=O)N1CCC(Nc2ccc3ncc(-c4ccc(C(F)(F)F)s4)n3n2)CC1. The first-order valence-electron chi connectivity index (χ1n) is 9.10. The molecular weight excluding hydrogens is 405 g/mol. The summed E-state index contributed by atoms with van der Waals surface area (Å²) in [4.78, 5) is 17.5. The van der Waals surface area contributed by atoms with Crippen LogP contribution in [0.25, 0.3) is 16.2 Å². The molecule has 0 spiro atoms. The number of alkyl halides is 3. The van der Waals surface area contributed by atoms with E-state index in [4.69, 9.17) is 0 Å². The van der Waals surface area contributed by atoms with Gasteiger partial charge in [-0.25, -0.2) is 14.3 Å². The van der Waals surface area contributed by atoms with Crippen molar-refractivity contribution in [1.82, 2.24) is 24.8 Å². The fourth-order valence-corrected chi connectivity index (χ4v) is 4.21. The molecule has 1 aliphatic heterocycles. The topological polar surface area (TPSA) is 74.6 Å². The van der Waals surface area contributed by atoms with Crippen LogP contribution < -0.4 is 10.6 Å². The summed E-state index contributed by atoms with van der Waals surface area (Å²) in [5, 5.41) is 10.5. The number of nitrogens with zero attached hydrogens (tertiary/aromatic N) is 4. The number of urea groups is 1. The highest BCUT2D eigenvalue weighted by molar-refractivity contribution is 7.15. The average Bonchev–Trinajstić information content (AvgIpc) is 3.34. The number of likely N-dealkylation sites (tertiary alicyclic amines) is 1. The number of hydrogen-bond acceptors (Lipinski definition) is 5. The molecule has 2 N–H and O–H groups in total. The summed E-state index contributed by atoms with van der Waals surface area (Å²) in [6.07, 6.45) is -1.28. The highest BCUT2D eigenvalue weighted by Crippen LogP contribution is 2.38.